The lowest BCUT2D eigenvalue weighted by atomic mass is 9.88. The Morgan fingerprint density at radius 1 is 1.23 bits per heavy atom. The fourth-order valence-corrected chi connectivity index (χ4v) is 5.24. The van der Waals surface area contributed by atoms with Gasteiger partial charge in [0.25, 0.3) is 5.91 Å². The highest BCUT2D eigenvalue weighted by atomic mass is 32.1. The van der Waals surface area contributed by atoms with Gasteiger partial charge in [-0.15, -0.1) is 11.3 Å². The molecular formula is C24H27N3O2S. The van der Waals surface area contributed by atoms with Crippen LogP contribution in [0.1, 0.15) is 46.6 Å². The number of carbonyl (C=O) groups excluding carboxylic acids is 1. The first-order valence-electron chi connectivity index (χ1n) is 10.5. The summed E-state index contributed by atoms with van der Waals surface area (Å²) in [4.78, 5) is 18.8. The average molecular weight is 422 g/mol. The number of aromatic nitrogens is 1. The third-order valence-corrected chi connectivity index (χ3v) is 6.59. The molecule has 2 aromatic heterocycles. The zero-order chi connectivity index (χ0) is 20.9. The number of rotatable bonds is 7. The molecule has 30 heavy (non-hydrogen) atoms. The van der Waals surface area contributed by atoms with E-state index >= 15 is 0 Å². The molecule has 0 saturated heterocycles. The molecule has 0 fully saturated rings. The SMILES string of the molecule is CCOc1ccccc1NC(=O)c1c(NCc2ccncc2)sc2c1CC[C@@H](C)C2. The van der Waals surface area contributed by atoms with Crippen LogP contribution in [0.2, 0.25) is 0 Å². The van der Waals surface area contributed by atoms with E-state index in [2.05, 4.69) is 22.5 Å². The van der Waals surface area contributed by atoms with Crippen molar-refractivity contribution in [3.63, 3.8) is 0 Å². The van der Waals surface area contributed by atoms with Gasteiger partial charge in [0.2, 0.25) is 0 Å². The minimum atomic E-state index is -0.0774. The number of para-hydroxylation sites is 2. The summed E-state index contributed by atoms with van der Waals surface area (Å²) in [7, 11) is 0. The van der Waals surface area contributed by atoms with E-state index in [0.29, 0.717) is 30.5 Å². The van der Waals surface area contributed by atoms with Gasteiger partial charge in [0.15, 0.2) is 0 Å². The molecular weight excluding hydrogens is 394 g/mol. The third kappa shape index (κ3) is 4.49. The highest BCUT2D eigenvalue weighted by Gasteiger charge is 2.28. The Bertz CT molecular complexity index is 1020. The van der Waals surface area contributed by atoms with Crippen LogP contribution in [0.5, 0.6) is 5.75 Å². The van der Waals surface area contributed by atoms with Gasteiger partial charge in [-0.1, -0.05) is 19.1 Å². The molecule has 0 radical (unpaired) electrons. The Morgan fingerprint density at radius 2 is 2.03 bits per heavy atom. The summed E-state index contributed by atoms with van der Waals surface area (Å²) >= 11 is 1.72. The molecule has 156 valence electrons. The molecule has 0 spiro atoms. The topological polar surface area (TPSA) is 63.2 Å². The smallest absolute Gasteiger partial charge is 0.259 e. The third-order valence-electron chi connectivity index (χ3n) is 5.38. The molecule has 0 bridgehead atoms. The maximum Gasteiger partial charge on any atom is 0.259 e. The van der Waals surface area contributed by atoms with Gasteiger partial charge in [0, 0.05) is 23.8 Å². The summed E-state index contributed by atoms with van der Waals surface area (Å²) in [6.45, 7) is 5.44. The Balaban J connectivity index is 1.63. The van der Waals surface area contributed by atoms with Crippen LogP contribution in [0.3, 0.4) is 0 Å². The highest BCUT2D eigenvalue weighted by molar-refractivity contribution is 7.16. The van der Waals surface area contributed by atoms with Crippen molar-refractivity contribution in [2.24, 2.45) is 5.92 Å². The predicted molar refractivity (Wildman–Crippen MR) is 123 cm³/mol. The number of hydrogen-bond acceptors (Lipinski definition) is 5. The quantitative estimate of drug-likeness (QED) is 0.526. The molecule has 1 aliphatic rings. The van der Waals surface area contributed by atoms with Crippen molar-refractivity contribution < 1.29 is 9.53 Å². The zero-order valence-electron chi connectivity index (χ0n) is 17.4. The zero-order valence-corrected chi connectivity index (χ0v) is 18.2. The standard InChI is InChI=1S/C24H27N3O2S/c1-3-29-20-7-5-4-6-19(20)27-23(28)22-18-9-8-16(2)14-21(18)30-24(22)26-15-17-10-12-25-13-11-17/h4-7,10-13,16,26H,3,8-9,14-15H2,1-2H3,(H,27,28)/t16-/m1/s1. The lowest BCUT2D eigenvalue weighted by Crippen LogP contribution is -2.18. The van der Waals surface area contributed by atoms with Gasteiger partial charge < -0.3 is 15.4 Å². The second kappa shape index (κ2) is 9.30. The van der Waals surface area contributed by atoms with E-state index in [1.165, 1.54) is 10.4 Å². The van der Waals surface area contributed by atoms with Crippen molar-refractivity contribution in [3.8, 4) is 5.75 Å². The first-order chi connectivity index (χ1) is 14.7. The summed E-state index contributed by atoms with van der Waals surface area (Å²) in [6, 6.07) is 11.6. The molecule has 0 aliphatic heterocycles. The highest BCUT2D eigenvalue weighted by Crippen LogP contribution is 2.40. The van der Waals surface area contributed by atoms with Gasteiger partial charge in [-0.05, 0) is 67.5 Å². The van der Waals surface area contributed by atoms with Crippen molar-refractivity contribution >= 4 is 27.9 Å². The summed E-state index contributed by atoms with van der Waals surface area (Å²) in [5.41, 5.74) is 3.82. The molecule has 1 amide bonds. The van der Waals surface area contributed by atoms with Gasteiger partial charge >= 0.3 is 0 Å². The van der Waals surface area contributed by atoms with Gasteiger partial charge in [-0.2, -0.15) is 0 Å². The van der Waals surface area contributed by atoms with Crippen LogP contribution in [0.25, 0.3) is 0 Å². The van der Waals surface area contributed by atoms with Crippen LogP contribution in [0.15, 0.2) is 48.8 Å². The van der Waals surface area contributed by atoms with Crippen LogP contribution in [-0.4, -0.2) is 17.5 Å². The van der Waals surface area contributed by atoms with Crippen molar-refractivity contribution in [1.29, 1.82) is 0 Å². The van der Waals surface area contributed by atoms with E-state index in [9.17, 15) is 4.79 Å². The summed E-state index contributed by atoms with van der Waals surface area (Å²) in [5.74, 6) is 1.27. The van der Waals surface area contributed by atoms with E-state index < -0.39 is 0 Å². The number of amides is 1. The van der Waals surface area contributed by atoms with Crippen LogP contribution in [0, 0.1) is 5.92 Å². The van der Waals surface area contributed by atoms with Gasteiger partial charge in [0.05, 0.1) is 17.9 Å². The first-order valence-corrected chi connectivity index (χ1v) is 11.3. The molecule has 0 saturated carbocycles. The number of benzene rings is 1. The Morgan fingerprint density at radius 3 is 2.83 bits per heavy atom. The number of hydrogen-bond donors (Lipinski definition) is 2. The summed E-state index contributed by atoms with van der Waals surface area (Å²) in [6.07, 6.45) is 6.67. The largest absolute Gasteiger partial charge is 0.492 e. The minimum absolute atomic E-state index is 0.0774. The first kappa shape index (κ1) is 20.4. The fraction of sp³-hybridized carbons (Fsp3) is 0.333. The van der Waals surface area contributed by atoms with E-state index in [1.807, 2.05) is 43.3 Å². The van der Waals surface area contributed by atoms with Crippen LogP contribution in [-0.2, 0) is 19.4 Å². The molecule has 1 atom stereocenters. The minimum Gasteiger partial charge on any atom is -0.492 e. The second-order valence-electron chi connectivity index (χ2n) is 7.65. The van der Waals surface area contributed by atoms with E-state index in [0.717, 1.165) is 35.4 Å². The maximum absolute atomic E-state index is 13.4. The molecule has 6 heteroatoms. The monoisotopic (exact) mass is 421 g/mol. The molecule has 0 unspecified atom stereocenters. The van der Waals surface area contributed by atoms with Gasteiger partial charge in [-0.3, -0.25) is 9.78 Å². The van der Waals surface area contributed by atoms with E-state index in [1.54, 1.807) is 23.7 Å². The second-order valence-corrected chi connectivity index (χ2v) is 8.75. The van der Waals surface area contributed by atoms with Crippen LogP contribution < -0.4 is 15.4 Å². The van der Waals surface area contributed by atoms with Crippen molar-refractivity contribution in [2.75, 3.05) is 17.2 Å². The van der Waals surface area contributed by atoms with Crippen LogP contribution in [0.4, 0.5) is 10.7 Å². The Hall–Kier alpha value is -2.86. The number of fused-ring (bicyclic) bond motifs is 1. The van der Waals surface area contributed by atoms with Gasteiger partial charge in [-0.25, -0.2) is 0 Å². The summed E-state index contributed by atoms with van der Waals surface area (Å²) < 4.78 is 5.68. The number of carbonyl (C=O) groups is 1. The normalized spacial score (nSPS) is 15.3. The number of ether oxygens (including phenoxy) is 1. The van der Waals surface area contributed by atoms with Crippen molar-refractivity contribution in [3.05, 3.63) is 70.4 Å². The number of thiophene rings is 1. The van der Waals surface area contributed by atoms with E-state index in [4.69, 9.17) is 4.74 Å². The molecule has 2 heterocycles. The lowest BCUT2D eigenvalue weighted by Gasteiger charge is -2.19. The molecule has 5 nitrogen and oxygen atoms in total. The lowest BCUT2D eigenvalue weighted by molar-refractivity contribution is 0.102. The maximum atomic E-state index is 13.4. The summed E-state index contributed by atoms with van der Waals surface area (Å²) in [5, 5.41) is 7.54. The van der Waals surface area contributed by atoms with Crippen molar-refractivity contribution in [1.82, 2.24) is 4.98 Å². The Labute approximate surface area is 181 Å². The molecule has 2 N–H and O–H groups in total. The van der Waals surface area contributed by atoms with Crippen molar-refractivity contribution in [2.45, 2.75) is 39.7 Å². The molecule has 1 aromatic carbocycles. The number of nitrogens with zero attached hydrogens (tertiary/aromatic N) is 1. The average Bonchev–Trinajstić information content (AvgIpc) is 3.12. The van der Waals surface area contributed by atoms with E-state index in [-0.39, 0.29) is 5.91 Å². The molecule has 1 aliphatic carbocycles. The fourth-order valence-electron chi connectivity index (χ4n) is 3.83. The number of nitrogens with one attached hydrogen (secondary N) is 2. The van der Waals surface area contributed by atoms with Crippen LogP contribution >= 0.6 is 11.3 Å². The molecule has 3 aromatic rings. The van der Waals surface area contributed by atoms with Gasteiger partial charge in [0.1, 0.15) is 10.8 Å². The molecule has 4 rings (SSSR count). The Kier molecular flexibility index (Phi) is 6.33. The predicted octanol–water partition coefficient (Wildman–Crippen LogP) is 5.53. The number of anilines is 2. The number of pyridine rings is 1.